The van der Waals surface area contributed by atoms with Gasteiger partial charge in [-0.25, -0.2) is 4.98 Å². The number of carbonyl (C=O) groups is 1. The van der Waals surface area contributed by atoms with Gasteiger partial charge in [-0.05, 0) is 47.4 Å². The molecule has 0 spiro atoms. The van der Waals surface area contributed by atoms with Gasteiger partial charge in [-0.3, -0.25) is 4.79 Å². The van der Waals surface area contributed by atoms with E-state index in [0.29, 0.717) is 12.2 Å². The van der Waals surface area contributed by atoms with Gasteiger partial charge in [0.25, 0.3) is 0 Å². The van der Waals surface area contributed by atoms with Crippen molar-refractivity contribution in [3.8, 4) is 6.07 Å². The Morgan fingerprint density at radius 2 is 2.45 bits per heavy atom. The fraction of sp³-hybridized carbons (Fsp3) is 0.500. The first-order chi connectivity index (χ1) is 9.69. The Morgan fingerprint density at radius 1 is 1.60 bits per heavy atom. The Kier molecular flexibility index (Phi) is 5.50. The molecule has 0 aromatic carbocycles. The van der Waals surface area contributed by atoms with E-state index in [1.54, 1.807) is 12.3 Å². The summed E-state index contributed by atoms with van der Waals surface area (Å²) in [6.07, 6.45) is 4.07. The molecule has 1 unspecified atom stereocenters. The highest BCUT2D eigenvalue weighted by molar-refractivity contribution is 9.10. The van der Waals surface area contributed by atoms with Gasteiger partial charge < -0.3 is 10.2 Å². The first kappa shape index (κ1) is 14.9. The van der Waals surface area contributed by atoms with Gasteiger partial charge in [0.2, 0.25) is 5.91 Å². The summed E-state index contributed by atoms with van der Waals surface area (Å²) in [6, 6.07) is 5.77. The molecule has 1 amide bonds. The van der Waals surface area contributed by atoms with Crippen LogP contribution in [0.25, 0.3) is 0 Å². The van der Waals surface area contributed by atoms with E-state index in [-0.39, 0.29) is 11.8 Å². The molecule has 0 aliphatic carbocycles. The van der Waals surface area contributed by atoms with Crippen LogP contribution in [0.15, 0.2) is 22.8 Å². The average molecular weight is 337 g/mol. The number of hydrogen-bond donors (Lipinski definition) is 1. The second-order valence-electron chi connectivity index (χ2n) is 4.90. The number of anilines is 1. The van der Waals surface area contributed by atoms with Crippen LogP contribution in [-0.4, -0.2) is 35.4 Å². The van der Waals surface area contributed by atoms with Gasteiger partial charge in [0.1, 0.15) is 5.82 Å². The molecule has 1 fully saturated rings. The quantitative estimate of drug-likeness (QED) is 0.916. The highest BCUT2D eigenvalue weighted by atomic mass is 79.9. The number of nitriles is 1. The normalized spacial score (nSPS) is 19.3. The zero-order valence-corrected chi connectivity index (χ0v) is 12.8. The summed E-state index contributed by atoms with van der Waals surface area (Å²) in [4.78, 5) is 18.5. The van der Waals surface area contributed by atoms with Crippen molar-refractivity contribution in [1.29, 1.82) is 5.26 Å². The number of piperidine rings is 1. The van der Waals surface area contributed by atoms with Crippen molar-refractivity contribution in [3.05, 3.63) is 22.8 Å². The summed E-state index contributed by atoms with van der Waals surface area (Å²) in [5.74, 6) is 0.571. The summed E-state index contributed by atoms with van der Waals surface area (Å²) < 4.78 is 0.885. The van der Waals surface area contributed by atoms with Crippen molar-refractivity contribution in [1.82, 2.24) is 9.88 Å². The van der Waals surface area contributed by atoms with Crippen LogP contribution in [-0.2, 0) is 4.79 Å². The van der Waals surface area contributed by atoms with E-state index in [4.69, 9.17) is 5.26 Å². The lowest BCUT2D eigenvalue weighted by Crippen LogP contribution is -2.41. The van der Waals surface area contributed by atoms with Gasteiger partial charge in [0, 0.05) is 30.2 Å². The largest absolute Gasteiger partial charge is 0.310 e. The van der Waals surface area contributed by atoms with Gasteiger partial charge in [0.15, 0.2) is 0 Å². The molecule has 1 aliphatic heterocycles. The van der Waals surface area contributed by atoms with E-state index in [1.165, 1.54) is 0 Å². The van der Waals surface area contributed by atoms with Gasteiger partial charge in [0.05, 0.1) is 12.0 Å². The van der Waals surface area contributed by atoms with Gasteiger partial charge in [-0.2, -0.15) is 5.26 Å². The summed E-state index contributed by atoms with van der Waals surface area (Å²) in [5, 5.41) is 11.5. The third-order valence-electron chi connectivity index (χ3n) is 3.39. The topological polar surface area (TPSA) is 69.0 Å². The minimum absolute atomic E-state index is 0.0153. The highest BCUT2D eigenvalue weighted by Crippen LogP contribution is 2.19. The number of nitrogens with one attached hydrogen (secondary N) is 1. The van der Waals surface area contributed by atoms with E-state index in [9.17, 15) is 4.79 Å². The minimum Gasteiger partial charge on any atom is -0.310 e. The zero-order valence-electron chi connectivity index (χ0n) is 11.2. The van der Waals surface area contributed by atoms with Crippen molar-refractivity contribution < 1.29 is 4.79 Å². The van der Waals surface area contributed by atoms with Crippen LogP contribution in [0.1, 0.15) is 19.3 Å². The maximum atomic E-state index is 12.2. The number of amides is 1. The molecule has 1 atom stereocenters. The monoisotopic (exact) mass is 336 g/mol. The number of aromatic nitrogens is 1. The lowest BCUT2D eigenvalue weighted by Gasteiger charge is -2.31. The summed E-state index contributed by atoms with van der Waals surface area (Å²) >= 11 is 3.31. The first-order valence-corrected chi connectivity index (χ1v) is 7.50. The van der Waals surface area contributed by atoms with Crippen molar-refractivity contribution in [2.45, 2.75) is 19.3 Å². The van der Waals surface area contributed by atoms with E-state index in [2.05, 4.69) is 37.2 Å². The van der Waals surface area contributed by atoms with Crippen LogP contribution in [0.3, 0.4) is 0 Å². The minimum atomic E-state index is -0.0205. The second-order valence-corrected chi connectivity index (χ2v) is 5.81. The molecule has 20 heavy (non-hydrogen) atoms. The van der Waals surface area contributed by atoms with E-state index < -0.39 is 0 Å². The third kappa shape index (κ3) is 4.29. The molecule has 106 valence electrons. The maximum Gasteiger partial charge on any atom is 0.229 e. The molecule has 1 N–H and O–H groups in total. The number of pyridine rings is 1. The first-order valence-electron chi connectivity index (χ1n) is 6.71. The van der Waals surface area contributed by atoms with Crippen LogP contribution in [0.2, 0.25) is 0 Å². The fourth-order valence-corrected chi connectivity index (χ4v) is 2.59. The van der Waals surface area contributed by atoms with Crippen LogP contribution >= 0.6 is 15.9 Å². The predicted molar refractivity (Wildman–Crippen MR) is 80.0 cm³/mol. The number of carbonyl (C=O) groups excluding carboxylic acids is 1. The molecule has 0 saturated carbocycles. The zero-order chi connectivity index (χ0) is 14.4. The predicted octanol–water partition coefficient (Wildman–Crippen LogP) is 2.41. The third-order valence-corrected chi connectivity index (χ3v) is 3.86. The van der Waals surface area contributed by atoms with Crippen LogP contribution in [0.5, 0.6) is 0 Å². The van der Waals surface area contributed by atoms with E-state index >= 15 is 0 Å². The molecule has 1 aromatic heterocycles. The van der Waals surface area contributed by atoms with Gasteiger partial charge >= 0.3 is 0 Å². The Balaban J connectivity index is 1.88. The van der Waals surface area contributed by atoms with E-state index in [0.717, 1.165) is 36.9 Å². The van der Waals surface area contributed by atoms with Gasteiger partial charge in [-0.1, -0.05) is 0 Å². The number of halogens is 1. The van der Waals surface area contributed by atoms with Gasteiger partial charge in [-0.15, -0.1) is 0 Å². The van der Waals surface area contributed by atoms with E-state index in [1.807, 2.05) is 6.07 Å². The molecule has 1 saturated heterocycles. The average Bonchev–Trinajstić information content (AvgIpc) is 2.48. The maximum absolute atomic E-state index is 12.2. The number of hydrogen-bond acceptors (Lipinski definition) is 4. The van der Waals surface area contributed by atoms with Crippen molar-refractivity contribution in [2.24, 2.45) is 5.92 Å². The number of likely N-dealkylation sites (tertiary alicyclic amines) is 1. The molecule has 2 heterocycles. The summed E-state index contributed by atoms with van der Waals surface area (Å²) in [7, 11) is 0. The lowest BCUT2D eigenvalue weighted by molar-refractivity contribution is -0.121. The SMILES string of the molecule is N#CCCN1CCCC(C(=O)Nc2ccc(Br)cn2)C1. The molecule has 6 heteroatoms. The smallest absolute Gasteiger partial charge is 0.229 e. The van der Waals surface area contributed by atoms with Crippen LogP contribution in [0.4, 0.5) is 5.82 Å². The van der Waals surface area contributed by atoms with Crippen molar-refractivity contribution >= 4 is 27.7 Å². The lowest BCUT2D eigenvalue weighted by atomic mass is 9.97. The Hall–Kier alpha value is -1.45. The van der Waals surface area contributed by atoms with Crippen LogP contribution in [0, 0.1) is 17.2 Å². The Labute approximate surface area is 127 Å². The highest BCUT2D eigenvalue weighted by Gasteiger charge is 2.25. The molecule has 0 radical (unpaired) electrons. The summed E-state index contributed by atoms with van der Waals surface area (Å²) in [6.45, 7) is 2.45. The number of rotatable bonds is 4. The van der Waals surface area contributed by atoms with Crippen molar-refractivity contribution in [2.75, 3.05) is 25.0 Å². The molecular formula is C14H17BrN4O. The molecule has 1 aliphatic rings. The molecule has 5 nitrogen and oxygen atoms in total. The fourth-order valence-electron chi connectivity index (χ4n) is 2.36. The Morgan fingerprint density at radius 3 is 3.15 bits per heavy atom. The molecular weight excluding hydrogens is 320 g/mol. The molecule has 1 aromatic rings. The summed E-state index contributed by atoms with van der Waals surface area (Å²) in [5.41, 5.74) is 0. The number of nitrogens with zero attached hydrogens (tertiary/aromatic N) is 3. The standard InChI is InChI=1S/C14H17BrN4O/c15-12-4-5-13(17-9-12)18-14(20)11-3-1-7-19(10-11)8-2-6-16/h4-5,9,11H,1-3,7-8,10H2,(H,17,18,20). The molecule has 2 rings (SSSR count). The molecule has 0 bridgehead atoms. The van der Waals surface area contributed by atoms with Crippen molar-refractivity contribution in [3.63, 3.8) is 0 Å². The Bertz CT molecular complexity index is 497. The van der Waals surface area contributed by atoms with Crippen LogP contribution < -0.4 is 5.32 Å². The second kappa shape index (κ2) is 7.36.